The van der Waals surface area contributed by atoms with Crippen molar-refractivity contribution in [3.05, 3.63) is 71.8 Å². The number of benzene rings is 2. The van der Waals surface area contributed by atoms with Gasteiger partial charge in [-0.15, -0.1) is 0 Å². The molecule has 0 bridgehead atoms. The fourth-order valence-corrected chi connectivity index (χ4v) is 4.86. The van der Waals surface area contributed by atoms with E-state index in [2.05, 4.69) is 5.32 Å². The summed E-state index contributed by atoms with van der Waals surface area (Å²) in [6, 6.07) is 18.7. The van der Waals surface area contributed by atoms with E-state index in [4.69, 9.17) is 0 Å². The smallest absolute Gasteiger partial charge is 0.237 e. The molecule has 1 aliphatic heterocycles. The third-order valence-corrected chi connectivity index (χ3v) is 6.95. The van der Waals surface area contributed by atoms with Crippen LogP contribution in [0.3, 0.4) is 0 Å². The predicted molar refractivity (Wildman–Crippen MR) is 110 cm³/mol. The Morgan fingerprint density at radius 3 is 2.04 bits per heavy atom. The molecular formula is C21H27N3O3S. The molecule has 1 heterocycles. The zero-order chi connectivity index (χ0) is 20.0. The first kappa shape index (κ1) is 20.5. The Morgan fingerprint density at radius 1 is 0.929 bits per heavy atom. The lowest BCUT2D eigenvalue weighted by molar-refractivity contribution is -0.126. The maximum absolute atomic E-state index is 12.7. The molecule has 0 aromatic heterocycles. The number of piperazine rings is 1. The van der Waals surface area contributed by atoms with E-state index in [0.717, 1.165) is 11.1 Å². The maximum Gasteiger partial charge on any atom is 0.237 e. The van der Waals surface area contributed by atoms with Crippen LogP contribution in [0.2, 0.25) is 0 Å². The third-order valence-electron chi connectivity index (χ3n) is 5.10. The Morgan fingerprint density at radius 2 is 1.46 bits per heavy atom. The molecule has 1 saturated heterocycles. The third kappa shape index (κ3) is 5.41. The SMILES string of the molecule is C[C@H](C(=O)NCc1ccccc1)N1CCN(S(=O)(=O)Cc2ccccc2)CC1. The van der Waals surface area contributed by atoms with E-state index in [9.17, 15) is 13.2 Å². The summed E-state index contributed by atoms with van der Waals surface area (Å²) >= 11 is 0. The Labute approximate surface area is 167 Å². The van der Waals surface area contributed by atoms with Gasteiger partial charge in [0.25, 0.3) is 0 Å². The standard InChI is InChI=1S/C21H27N3O3S/c1-18(21(25)22-16-19-8-4-2-5-9-19)23-12-14-24(15-13-23)28(26,27)17-20-10-6-3-7-11-20/h2-11,18H,12-17H2,1H3,(H,22,25)/t18-/m1/s1. The van der Waals surface area contributed by atoms with Crippen LogP contribution in [0.4, 0.5) is 0 Å². The summed E-state index contributed by atoms with van der Waals surface area (Å²) in [5, 5.41) is 2.96. The quantitative estimate of drug-likeness (QED) is 0.769. The summed E-state index contributed by atoms with van der Waals surface area (Å²) < 4.78 is 26.8. The molecule has 0 radical (unpaired) electrons. The average Bonchev–Trinajstić information content (AvgIpc) is 2.73. The van der Waals surface area contributed by atoms with E-state index in [1.54, 1.807) is 0 Å². The molecule has 1 fully saturated rings. The number of rotatable bonds is 7. The van der Waals surface area contributed by atoms with E-state index < -0.39 is 10.0 Å². The largest absolute Gasteiger partial charge is 0.351 e. The van der Waals surface area contributed by atoms with Gasteiger partial charge < -0.3 is 5.32 Å². The Bertz CT molecular complexity index is 864. The number of carbonyl (C=O) groups is 1. The van der Waals surface area contributed by atoms with Crippen LogP contribution in [0.1, 0.15) is 18.1 Å². The van der Waals surface area contributed by atoms with Crippen LogP contribution in [-0.2, 0) is 27.1 Å². The summed E-state index contributed by atoms with van der Waals surface area (Å²) in [5.41, 5.74) is 1.85. The molecule has 150 valence electrons. The number of carbonyl (C=O) groups excluding carboxylic acids is 1. The van der Waals surface area contributed by atoms with Crippen LogP contribution < -0.4 is 5.32 Å². The zero-order valence-electron chi connectivity index (χ0n) is 16.1. The molecule has 2 aromatic carbocycles. The second kappa shape index (κ2) is 9.32. The van der Waals surface area contributed by atoms with Gasteiger partial charge in [0.05, 0.1) is 11.8 Å². The van der Waals surface area contributed by atoms with Gasteiger partial charge in [-0.05, 0) is 18.1 Å². The number of hydrogen-bond donors (Lipinski definition) is 1. The van der Waals surface area contributed by atoms with Crippen molar-refractivity contribution in [1.29, 1.82) is 0 Å². The fraction of sp³-hybridized carbons (Fsp3) is 0.381. The van der Waals surface area contributed by atoms with E-state index in [-0.39, 0.29) is 17.7 Å². The number of nitrogens with one attached hydrogen (secondary N) is 1. The van der Waals surface area contributed by atoms with Crippen molar-refractivity contribution in [1.82, 2.24) is 14.5 Å². The first-order valence-corrected chi connectivity index (χ1v) is 11.1. The molecule has 3 rings (SSSR count). The first-order valence-electron chi connectivity index (χ1n) is 9.53. The van der Waals surface area contributed by atoms with Crippen LogP contribution in [-0.4, -0.2) is 55.8 Å². The van der Waals surface area contributed by atoms with Gasteiger partial charge in [0, 0.05) is 32.7 Å². The number of hydrogen-bond acceptors (Lipinski definition) is 4. The number of sulfonamides is 1. The molecule has 0 spiro atoms. The lowest BCUT2D eigenvalue weighted by Gasteiger charge is -2.36. The highest BCUT2D eigenvalue weighted by atomic mass is 32.2. The monoisotopic (exact) mass is 401 g/mol. The predicted octanol–water partition coefficient (Wildman–Crippen LogP) is 1.84. The van der Waals surface area contributed by atoms with Gasteiger partial charge >= 0.3 is 0 Å². The van der Waals surface area contributed by atoms with Crippen molar-refractivity contribution < 1.29 is 13.2 Å². The molecular weight excluding hydrogens is 374 g/mol. The molecule has 1 amide bonds. The lowest BCUT2D eigenvalue weighted by atomic mass is 10.2. The molecule has 28 heavy (non-hydrogen) atoms. The molecule has 1 N–H and O–H groups in total. The van der Waals surface area contributed by atoms with Crippen LogP contribution in [0.5, 0.6) is 0 Å². The van der Waals surface area contributed by atoms with Gasteiger partial charge in [0.1, 0.15) is 0 Å². The van der Waals surface area contributed by atoms with Gasteiger partial charge in [-0.1, -0.05) is 60.7 Å². The fourth-order valence-electron chi connectivity index (χ4n) is 3.34. The molecule has 6 nitrogen and oxygen atoms in total. The Kier molecular flexibility index (Phi) is 6.83. The van der Waals surface area contributed by atoms with Crippen molar-refractivity contribution in [3.8, 4) is 0 Å². The minimum absolute atomic E-state index is 0.0148. The Balaban J connectivity index is 1.49. The van der Waals surface area contributed by atoms with Crippen LogP contribution in [0, 0.1) is 0 Å². The van der Waals surface area contributed by atoms with Gasteiger partial charge in [-0.3, -0.25) is 9.69 Å². The molecule has 0 aliphatic carbocycles. The van der Waals surface area contributed by atoms with Gasteiger partial charge in [-0.2, -0.15) is 4.31 Å². The van der Waals surface area contributed by atoms with E-state index in [1.807, 2.05) is 72.5 Å². The molecule has 1 atom stereocenters. The summed E-state index contributed by atoms with van der Waals surface area (Å²) in [6.45, 7) is 4.28. The second-order valence-electron chi connectivity index (χ2n) is 7.06. The lowest BCUT2D eigenvalue weighted by Crippen LogP contribution is -2.54. The minimum atomic E-state index is -3.35. The van der Waals surface area contributed by atoms with Crippen LogP contribution in [0.15, 0.2) is 60.7 Å². The Hall–Kier alpha value is -2.22. The van der Waals surface area contributed by atoms with Gasteiger partial charge in [-0.25, -0.2) is 8.42 Å². The summed E-state index contributed by atoms with van der Waals surface area (Å²) in [6.07, 6.45) is 0. The van der Waals surface area contributed by atoms with Crippen LogP contribution in [0.25, 0.3) is 0 Å². The van der Waals surface area contributed by atoms with Crippen molar-refractivity contribution in [2.45, 2.75) is 25.3 Å². The second-order valence-corrected chi connectivity index (χ2v) is 9.03. The maximum atomic E-state index is 12.7. The van der Waals surface area contributed by atoms with E-state index >= 15 is 0 Å². The molecule has 0 saturated carbocycles. The van der Waals surface area contributed by atoms with Crippen molar-refractivity contribution in [3.63, 3.8) is 0 Å². The molecule has 0 unspecified atom stereocenters. The van der Waals surface area contributed by atoms with E-state index in [0.29, 0.717) is 32.7 Å². The van der Waals surface area contributed by atoms with E-state index in [1.165, 1.54) is 4.31 Å². The summed E-state index contributed by atoms with van der Waals surface area (Å²) in [7, 11) is -3.35. The van der Waals surface area contributed by atoms with Gasteiger partial charge in [0.2, 0.25) is 15.9 Å². The highest BCUT2D eigenvalue weighted by molar-refractivity contribution is 7.88. The number of amides is 1. The highest BCUT2D eigenvalue weighted by Crippen LogP contribution is 2.15. The summed E-state index contributed by atoms with van der Waals surface area (Å²) in [4.78, 5) is 14.5. The van der Waals surface area contributed by atoms with Crippen molar-refractivity contribution in [2.24, 2.45) is 0 Å². The average molecular weight is 402 g/mol. The normalized spacial score (nSPS) is 17.2. The molecule has 2 aromatic rings. The first-order chi connectivity index (χ1) is 13.5. The van der Waals surface area contributed by atoms with Crippen LogP contribution >= 0.6 is 0 Å². The topological polar surface area (TPSA) is 69.7 Å². The number of nitrogens with zero attached hydrogens (tertiary/aromatic N) is 2. The van der Waals surface area contributed by atoms with Crippen molar-refractivity contribution in [2.75, 3.05) is 26.2 Å². The molecule has 7 heteroatoms. The van der Waals surface area contributed by atoms with Gasteiger partial charge in [0.15, 0.2) is 0 Å². The molecule has 1 aliphatic rings. The minimum Gasteiger partial charge on any atom is -0.351 e. The zero-order valence-corrected chi connectivity index (χ0v) is 16.9. The summed E-state index contributed by atoms with van der Waals surface area (Å²) in [5.74, 6) is -0.0227. The highest BCUT2D eigenvalue weighted by Gasteiger charge is 2.30. The van der Waals surface area contributed by atoms with Crippen molar-refractivity contribution >= 4 is 15.9 Å².